The first-order chi connectivity index (χ1) is 11.7. The van der Waals surface area contributed by atoms with Gasteiger partial charge in [0.15, 0.2) is 6.61 Å². The molecule has 1 aliphatic rings. The largest absolute Gasteiger partial charge is 0.468 e. The van der Waals surface area contributed by atoms with Crippen molar-refractivity contribution in [3.8, 4) is 5.88 Å². The standard InChI is InChI=1S/C16H15F3N2O3S/c1-11-9-21(14-5-3-2-4-13(11)14)25(22,23)12-6-7-15(20-8-12)24-10-16(17,18)19/h2-8,11H,9-10H2,1H3. The molecule has 0 amide bonds. The lowest BCUT2D eigenvalue weighted by Crippen LogP contribution is -2.29. The highest BCUT2D eigenvalue weighted by molar-refractivity contribution is 7.92. The summed E-state index contributed by atoms with van der Waals surface area (Å²) in [6.07, 6.45) is -3.48. The van der Waals surface area contributed by atoms with Gasteiger partial charge in [-0.2, -0.15) is 13.2 Å². The summed E-state index contributed by atoms with van der Waals surface area (Å²) >= 11 is 0. The Bertz CT molecular complexity index is 867. The van der Waals surface area contributed by atoms with Crippen LogP contribution < -0.4 is 9.04 Å². The first-order valence-electron chi connectivity index (χ1n) is 7.46. The van der Waals surface area contributed by atoms with Gasteiger partial charge in [-0.05, 0) is 17.7 Å². The summed E-state index contributed by atoms with van der Waals surface area (Å²) in [6.45, 7) is 0.748. The predicted molar refractivity (Wildman–Crippen MR) is 85.2 cm³/mol. The minimum Gasteiger partial charge on any atom is -0.468 e. The van der Waals surface area contributed by atoms with Gasteiger partial charge in [0.05, 0.1) is 11.9 Å². The zero-order chi connectivity index (χ0) is 18.2. The highest BCUT2D eigenvalue weighted by Crippen LogP contribution is 2.39. The Morgan fingerprint density at radius 3 is 2.60 bits per heavy atom. The number of para-hydroxylation sites is 1. The third kappa shape index (κ3) is 3.55. The first kappa shape index (κ1) is 17.5. The molecule has 3 rings (SSSR count). The van der Waals surface area contributed by atoms with Crippen molar-refractivity contribution in [1.82, 2.24) is 4.98 Å². The average Bonchev–Trinajstić information content (AvgIpc) is 2.91. The van der Waals surface area contributed by atoms with Gasteiger partial charge in [-0.25, -0.2) is 13.4 Å². The van der Waals surface area contributed by atoms with Crippen LogP contribution in [-0.2, 0) is 10.0 Å². The summed E-state index contributed by atoms with van der Waals surface area (Å²) < 4.78 is 67.9. The van der Waals surface area contributed by atoms with Crippen LogP contribution in [0.1, 0.15) is 18.4 Å². The molecule has 1 aliphatic heterocycles. The van der Waals surface area contributed by atoms with E-state index < -0.39 is 22.8 Å². The molecule has 5 nitrogen and oxygen atoms in total. The van der Waals surface area contributed by atoms with Crippen molar-refractivity contribution in [3.05, 3.63) is 48.2 Å². The fourth-order valence-corrected chi connectivity index (χ4v) is 4.22. The lowest BCUT2D eigenvalue weighted by Gasteiger charge is -2.19. The lowest BCUT2D eigenvalue weighted by molar-refractivity contribution is -0.154. The van der Waals surface area contributed by atoms with Gasteiger partial charge in [-0.1, -0.05) is 25.1 Å². The molecule has 0 fully saturated rings. The Balaban J connectivity index is 1.84. The second-order valence-electron chi connectivity index (χ2n) is 5.73. The highest BCUT2D eigenvalue weighted by atomic mass is 32.2. The minimum atomic E-state index is -4.48. The number of anilines is 1. The molecular weight excluding hydrogens is 357 g/mol. The van der Waals surface area contributed by atoms with Crippen LogP contribution in [0.4, 0.5) is 18.9 Å². The Morgan fingerprint density at radius 2 is 1.96 bits per heavy atom. The number of benzene rings is 1. The maximum atomic E-state index is 12.8. The zero-order valence-electron chi connectivity index (χ0n) is 13.2. The van der Waals surface area contributed by atoms with E-state index in [0.717, 1.165) is 17.8 Å². The number of hydrogen-bond donors (Lipinski definition) is 0. The third-order valence-corrected chi connectivity index (χ3v) is 5.62. The molecule has 2 aromatic rings. The van der Waals surface area contributed by atoms with Crippen LogP contribution in [0.15, 0.2) is 47.5 Å². The van der Waals surface area contributed by atoms with Crippen LogP contribution >= 0.6 is 0 Å². The molecule has 0 aliphatic carbocycles. The van der Waals surface area contributed by atoms with Gasteiger partial charge in [0, 0.05) is 18.5 Å². The summed E-state index contributed by atoms with van der Waals surface area (Å²) in [7, 11) is -3.85. The van der Waals surface area contributed by atoms with E-state index in [4.69, 9.17) is 0 Å². The second-order valence-corrected chi connectivity index (χ2v) is 7.59. The maximum Gasteiger partial charge on any atom is 0.422 e. The third-order valence-electron chi connectivity index (χ3n) is 3.86. The van der Waals surface area contributed by atoms with Crippen LogP contribution in [-0.4, -0.2) is 32.7 Å². The predicted octanol–water partition coefficient (Wildman–Crippen LogP) is 3.34. The van der Waals surface area contributed by atoms with E-state index in [0.29, 0.717) is 12.2 Å². The molecule has 134 valence electrons. The number of ether oxygens (including phenoxy) is 1. The van der Waals surface area contributed by atoms with Crippen LogP contribution in [0.5, 0.6) is 5.88 Å². The van der Waals surface area contributed by atoms with Crippen LogP contribution in [0.2, 0.25) is 0 Å². The van der Waals surface area contributed by atoms with Crippen molar-refractivity contribution in [2.24, 2.45) is 0 Å². The monoisotopic (exact) mass is 372 g/mol. The Morgan fingerprint density at radius 1 is 1.24 bits per heavy atom. The van der Waals surface area contributed by atoms with E-state index in [9.17, 15) is 21.6 Å². The molecule has 9 heteroatoms. The smallest absolute Gasteiger partial charge is 0.422 e. The van der Waals surface area contributed by atoms with E-state index in [1.807, 2.05) is 19.1 Å². The Kier molecular flexibility index (Phi) is 4.36. The van der Waals surface area contributed by atoms with Gasteiger partial charge in [0.2, 0.25) is 5.88 Å². The molecule has 0 saturated carbocycles. The van der Waals surface area contributed by atoms with E-state index in [1.54, 1.807) is 12.1 Å². The summed E-state index contributed by atoms with van der Waals surface area (Å²) in [4.78, 5) is 3.57. The Labute approximate surface area is 143 Å². The summed E-state index contributed by atoms with van der Waals surface area (Å²) in [5.74, 6) is -0.236. The zero-order valence-corrected chi connectivity index (χ0v) is 14.0. The molecule has 1 aromatic carbocycles. The van der Waals surface area contributed by atoms with Crippen molar-refractivity contribution >= 4 is 15.7 Å². The van der Waals surface area contributed by atoms with E-state index in [2.05, 4.69) is 9.72 Å². The van der Waals surface area contributed by atoms with E-state index in [-0.39, 0.29) is 16.7 Å². The van der Waals surface area contributed by atoms with Gasteiger partial charge in [-0.3, -0.25) is 4.31 Å². The second kappa shape index (κ2) is 6.21. The molecule has 0 N–H and O–H groups in total. The fourth-order valence-electron chi connectivity index (χ4n) is 2.69. The lowest BCUT2D eigenvalue weighted by atomic mass is 10.0. The molecule has 1 aromatic heterocycles. The van der Waals surface area contributed by atoms with E-state index >= 15 is 0 Å². The summed E-state index contributed by atoms with van der Waals surface area (Å²) in [5.41, 5.74) is 1.54. The molecule has 0 spiro atoms. The van der Waals surface area contributed by atoms with Crippen molar-refractivity contribution in [2.75, 3.05) is 17.5 Å². The average molecular weight is 372 g/mol. The van der Waals surface area contributed by atoms with Crippen LogP contribution in [0.25, 0.3) is 0 Å². The molecule has 1 unspecified atom stereocenters. The number of rotatable bonds is 4. The van der Waals surface area contributed by atoms with Crippen molar-refractivity contribution in [3.63, 3.8) is 0 Å². The number of hydrogen-bond acceptors (Lipinski definition) is 4. The number of aromatic nitrogens is 1. The van der Waals surface area contributed by atoms with Gasteiger partial charge >= 0.3 is 6.18 Å². The van der Waals surface area contributed by atoms with Gasteiger partial charge in [-0.15, -0.1) is 0 Å². The molecule has 0 bridgehead atoms. The molecule has 1 atom stereocenters. The molecule has 0 radical (unpaired) electrons. The summed E-state index contributed by atoms with van der Waals surface area (Å²) in [5, 5.41) is 0. The number of halogens is 3. The van der Waals surface area contributed by atoms with Gasteiger partial charge in [0.25, 0.3) is 10.0 Å². The van der Waals surface area contributed by atoms with Crippen molar-refractivity contribution < 1.29 is 26.3 Å². The van der Waals surface area contributed by atoms with Gasteiger partial charge in [0.1, 0.15) is 4.90 Å². The number of pyridine rings is 1. The SMILES string of the molecule is CC1CN(S(=O)(=O)c2ccc(OCC(F)(F)F)nc2)c2ccccc21. The van der Waals surface area contributed by atoms with Gasteiger partial charge < -0.3 is 4.74 Å². The molecule has 0 saturated heterocycles. The Hall–Kier alpha value is -2.29. The quantitative estimate of drug-likeness (QED) is 0.826. The number of alkyl halides is 3. The fraction of sp³-hybridized carbons (Fsp3) is 0.312. The maximum absolute atomic E-state index is 12.8. The van der Waals surface area contributed by atoms with Crippen molar-refractivity contribution in [2.45, 2.75) is 23.9 Å². The summed E-state index contributed by atoms with van der Waals surface area (Å²) in [6, 6.07) is 9.52. The topological polar surface area (TPSA) is 59.5 Å². The number of fused-ring (bicyclic) bond motifs is 1. The van der Waals surface area contributed by atoms with E-state index in [1.165, 1.54) is 10.4 Å². The minimum absolute atomic E-state index is 0.0494. The van der Waals surface area contributed by atoms with Crippen LogP contribution in [0.3, 0.4) is 0 Å². The molecule has 25 heavy (non-hydrogen) atoms. The first-order valence-corrected chi connectivity index (χ1v) is 8.90. The number of sulfonamides is 1. The van der Waals surface area contributed by atoms with Crippen LogP contribution in [0, 0.1) is 0 Å². The van der Waals surface area contributed by atoms with Crippen molar-refractivity contribution in [1.29, 1.82) is 0 Å². The number of nitrogens with zero attached hydrogens (tertiary/aromatic N) is 2. The molecular formula is C16H15F3N2O3S. The highest BCUT2D eigenvalue weighted by Gasteiger charge is 2.34. The molecule has 2 heterocycles. The normalized spacial score (nSPS) is 17.4.